The smallest absolute Gasteiger partial charge is 0.259 e. The second-order valence-electron chi connectivity index (χ2n) is 4.28. The van der Waals surface area contributed by atoms with Gasteiger partial charge >= 0.3 is 0 Å². The molecule has 2 rings (SSSR count). The molecule has 0 fully saturated rings. The first-order valence-corrected chi connectivity index (χ1v) is 6.59. The molecule has 21 heavy (non-hydrogen) atoms. The van der Waals surface area contributed by atoms with Gasteiger partial charge in [-0.1, -0.05) is 29.8 Å². The van der Waals surface area contributed by atoms with Crippen molar-refractivity contribution >= 4 is 34.8 Å². The number of carbonyl (C=O) groups excluding carboxylic acids is 2. The summed E-state index contributed by atoms with van der Waals surface area (Å²) in [7, 11) is 1.52. The van der Waals surface area contributed by atoms with Gasteiger partial charge in [-0.25, -0.2) is 0 Å². The first-order chi connectivity index (χ1) is 10.0. The van der Waals surface area contributed by atoms with Crippen LogP contribution in [0.2, 0.25) is 5.02 Å². The normalized spacial score (nSPS) is 10.0. The summed E-state index contributed by atoms with van der Waals surface area (Å²) in [6, 6.07) is 11.5. The number of anilines is 2. The Morgan fingerprint density at radius 2 is 1.76 bits per heavy atom. The molecule has 0 heterocycles. The zero-order valence-corrected chi connectivity index (χ0v) is 12.1. The van der Waals surface area contributed by atoms with E-state index in [2.05, 4.69) is 10.6 Å². The molecule has 0 aliphatic heterocycles. The van der Waals surface area contributed by atoms with Gasteiger partial charge in [0.05, 0.1) is 21.8 Å². The van der Waals surface area contributed by atoms with Gasteiger partial charge < -0.3 is 16.4 Å². The van der Waals surface area contributed by atoms with Gasteiger partial charge in [-0.3, -0.25) is 9.59 Å². The Hall–Kier alpha value is -2.53. The average molecular weight is 304 g/mol. The maximum absolute atomic E-state index is 12.3. The summed E-state index contributed by atoms with van der Waals surface area (Å²) in [5, 5.41) is 5.43. The van der Waals surface area contributed by atoms with Crippen LogP contribution in [0.5, 0.6) is 0 Å². The van der Waals surface area contributed by atoms with Crippen molar-refractivity contribution < 1.29 is 9.59 Å². The molecule has 0 radical (unpaired) electrons. The molecule has 0 aliphatic carbocycles. The fourth-order valence-corrected chi connectivity index (χ4v) is 2.16. The minimum absolute atomic E-state index is 0.186. The molecule has 108 valence electrons. The van der Waals surface area contributed by atoms with Gasteiger partial charge in [0.15, 0.2) is 0 Å². The highest BCUT2D eigenvalue weighted by molar-refractivity contribution is 6.35. The van der Waals surface area contributed by atoms with E-state index in [4.69, 9.17) is 17.3 Å². The van der Waals surface area contributed by atoms with Crippen molar-refractivity contribution in [3.63, 3.8) is 0 Å². The summed E-state index contributed by atoms with van der Waals surface area (Å²) in [4.78, 5) is 24.1. The first-order valence-electron chi connectivity index (χ1n) is 6.21. The van der Waals surface area contributed by atoms with Crippen LogP contribution in [0, 0.1) is 0 Å². The fourth-order valence-electron chi connectivity index (χ4n) is 1.89. The minimum atomic E-state index is -0.463. The van der Waals surface area contributed by atoms with Crippen LogP contribution in [0.4, 0.5) is 11.4 Å². The highest BCUT2D eigenvalue weighted by atomic mass is 35.5. The highest BCUT2D eigenvalue weighted by Gasteiger charge is 2.17. The monoisotopic (exact) mass is 303 g/mol. The molecule has 0 unspecified atom stereocenters. The van der Waals surface area contributed by atoms with E-state index in [-0.39, 0.29) is 22.2 Å². The van der Waals surface area contributed by atoms with E-state index in [1.54, 1.807) is 42.5 Å². The van der Waals surface area contributed by atoms with Crippen molar-refractivity contribution in [3.05, 3.63) is 58.6 Å². The number of hydrogen-bond acceptors (Lipinski definition) is 3. The lowest BCUT2D eigenvalue weighted by atomic mass is 10.1. The second kappa shape index (κ2) is 6.28. The lowest BCUT2D eigenvalue weighted by Crippen LogP contribution is -2.22. The van der Waals surface area contributed by atoms with Crippen LogP contribution in [-0.2, 0) is 0 Å². The number of carbonyl (C=O) groups is 2. The third-order valence-corrected chi connectivity index (χ3v) is 3.23. The Labute approximate surface area is 127 Å². The van der Waals surface area contributed by atoms with Crippen LogP contribution in [0.25, 0.3) is 0 Å². The number of para-hydroxylation sites is 1. The Morgan fingerprint density at radius 3 is 2.43 bits per heavy atom. The standard InChI is InChI=1S/C15H14ClN3O2/c1-18-14(20)9-5-2-3-8-12(9)19-15(21)13-10(16)6-4-7-11(13)17/h2-8H,17H2,1H3,(H,18,20)(H,19,21). The molecule has 2 amide bonds. The maximum Gasteiger partial charge on any atom is 0.259 e. The van der Waals surface area contributed by atoms with Gasteiger partial charge in [0.25, 0.3) is 11.8 Å². The van der Waals surface area contributed by atoms with Crippen LogP contribution in [0.15, 0.2) is 42.5 Å². The van der Waals surface area contributed by atoms with Crippen LogP contribution in [0.3, 0.4) is 0 Å². The van der Waals surface area contributed by atoms with E-state index in [1.165, 1.54) is 7.05 Å². The quantitative estimate of drug-likeness (QED) is 0.762. The van der Waals surface area contributed by atoms with Crippen LogP contribution in [0.1, 0.15) is 20.7 Å². The molecule has 0 saturated heterocycles. The highest BCUT2D eigenvalue weighted by Crippen LogP contribution is 2.24. The minimum Gasteiger partial charge on any atom is -0.398 e. The van der Waals surface area contributed by atoms with Gasteiger partial charge in [-0.05, 0) is 24.3 Å². The van der Waals surface area contributed by atoms with Crippen molar-refractivity contribution in [1.82, 2.24) is 5.32 Å². The molecule has 0 atom stereocenters. The van der Waals surface area contributed by atoms with E-state index in [0.29, 0.717) is 11.3 Å². The molecule has 6 heteroatoms. The molecule has 4 N–H and O–H groups in total. The number of rotatable bonds is 3. The molecular weight excluding hydrogens is 290 g/mol. The number of benzene rings is 2. The molecule has 0 aliphatic rings. The van der Waals surface area contributed by atoms with Gasteiger partial charge in [0.1, 0.15) is 0 Å². The molecule has 0 spiro atoms. The average Bonchev–Trinajstić information content (AvgIpc) is 2.47. The summed E-state index contributed by atoms with van der Waals surface area (Å²) in [6.07, 6.45) is 0. The van der Waals surface area contributed by atoms with Crippen molar-refractivity contribution in [2.75, 3.05) is 18.1 Å². The van der Waals surface area contributed by atoms with Gasteiger partial charge in [0, 0.05) is 12.7 Å². The number of nitrogens with two attached hydrogens (primary N) is 1. The number of nitrogens with one attached hydrogen (secondary N) is 2. The van der Waals surface area contributed by atoms with Gasteiger partial charge in [0.2, 0.25) is 0 Å². The summed E-state index contributed by atoms with van der Waals surface area (Å²) in [6.45, 7) is 0. The van der Waals surface area contributed by atoms with E-state index >= 15 is 0 Å². The Bertz CT molecular complexity index is 681. The Kier molecular flexibility index (Phi) is 4.45. The van der Waals surface area contributed by atoms with Crippen molar-refractivity contribution in [2.24, 2.45) is 0 Å². The zero-order chi connectivity index (χ0) is 15.4. The predicted molar refractivity (Wildman–Crippen MR) is 83.6 cm³/mol. The van der Waals surface area contributed by atoms with E-state index < -0.39 is 5.91 Å². The number of nitrogen functional groups attached to an aromatic ring is 1. The van der Waals surface area contributed by atoms with Crippen molar-refractivity contribution in [3.8, 4) is 0 Å². The fraction of sp³-hybridized carbons (Fsp3) is 0.0667. The largest absolute Gasteiger partial charge is 0.398 e. The number of hydrogen-bond donors (Lipinski definition) is 3. The van der Waals surface area contributed by atoms with Crippen molar-refractivity contribution in [1.29, 1.82) is 0 Å². The lowest BCUT2D eigenvalue weighted by molar-refractivity contribution is 0.0964. The Morgan fingerprint density at radius 1 is 1.05 bits per heavy atom. The third kappa shape index (κ3) is 3.14. The predicted octanol–water partition coefficient (Wildman–Crippen LogP) is 2.53. The molecule has 2 aromatic carbocycles. The van der Waals surface area contributed by atoms with E-state index in [1.807, 2.05) is 0 Å². The summed E-state index contributed by atoms with van der Waals surface area (Å²) < 4.78 is 0. The van der Waals surface area contributed by atoms with Gasteiger partial charge in [-0.15, -0.1) is 0 Å². The first kappa shape index (κ1) is 14.9. The summed E-state index contributed by atoms with van der Waals surface area (Å²) >= 11 is 6.00. The third-order valence-electron chi connectivity index (χ3n) is 2.92. The maximum atomic E-state index is 12.3. The summed E-state index contributed by atoms with van der Waals surface area (Å²) in [5.74, 6) is -0.757. The van der Waals surface area contributed by atoms with Crippen molar-refractivity contribution in [2.45, 2.75) is 0 Å². The number of amides is 2. The van der Waals surface area contributed by atoms with E-state index in [9.17, 15) is 9.59 Å². The molecule has 2 aromatic rings. The Balaban J connectivity index is 2.35. The van der Waals surface area contributed by atoms with Gasteiger partial charge in [-0.2, -0.15) is 0 Å². The topological polar surface area (TPSA) is 84.2 Å². The lowest BCUT2D eigenvalue weighted by Gasteiger charge is -2.12. The SMILES string of the molecule is CNC(=O)c1ccccc1NC(=O)c1c(N)cccc1Cl. The molecule has 0 aromatic heterocycles. The molecule has 5 nitrogen and oxygen atoms in total. The van der Waals surface area contributed by atoms with Crippen LogP contribution in [-0.4, -0.2) is 18.9 Å². The second-order valence-corrected chi connectivity index (χ2v) is 4.69. The zero-order valence-electron chi connectivity index (χ0n) is 11.3. The molecule has 0 bridgehead atoms. The van der Waals surface area contributed by atoms with Crippen LogP contribution >= 0.6 is 11.6 Å². The number of halogens is 1. The molecule has 0 saturated carbocycles. The van der Waals surface area contributed by atoms with E-state index in [0.717, 1.165) is 0 Å². The molecular formula is C15H14ClN3O2. The summed E-state index contributed by atoms with van der Waals surface area (Å²) in [5.41, 5.74) is 6.99. The van der Waals surface area contributed by atoms with Crippen LogP contribution < -0.4 is 16.4 Å².